The first-order valence-electron chi connectivity index (χ1n) is 28.3. The molecule has 0 aromatic carbocycles. The highest BCUT2D eigenvalue weighted by molar-refractivity contribution is 5.77. The normalized spacial score (nSPS) is 13.8. The number of ether oxygens (including phenoxy) is 1. The minimum atomic E-state index is -0.805. The highest BCUT2D eigenvalue weighted by Gasteiger charge is 2.24. The molecule has 386 valence electrons. The predicted octanol–water partition coefficient (Wildman–Crippen LogP) is 17.5. The Bertz CT molecular complexity index is 1280. The van der Waals surface area contributed by atoms with Crippen LogP contribution in [0.15, 0.2) is 85.1 Å². The second-order valence-electron chi connectivity index (χ2n) is 19.0. The summed E-state index contributed by atoms with van der Waals surface area (Å²) in [5, 5.41) is 23.8. The third-order valence-electron chi connectivity index (χ3n) is 12.5. The van der Waals surface area contributed by atoms with Crippen LogP contribution in [-0.2, 0) is 14.3 Å². The van der Waals surface area contributed by atoms with Crippen LogP contribution in [-0.4, -0.2) is 46.9 Å². The van der Waals surface area contributed by atoms with Crippen molar-refractivity contribution in [3.8, 4) is 0 Å². The van der Waals surface area contributed by atoms with Gasteiger partial charge in [-0.25, -0.2) is 0 Å². The number of hydrogen-bond acceptors (Lipinski definition) is 5. The van der Waals surface area contributed by atoms with Crippen LogP contribution in [0.1, 0.15) is 265 Å². The Hall–Kier alpha value is -2.96. The minimum Gasteiger partial charge on any atom is -0.462 e. The first-order chi connectivity index (χ1) is 33.0. The Morgan fingerprint density at radius 2 is 0.806 bits per heavy atom. The Morgan fingerprint density at radius 3 is 1.22 bits per heavy atom. The molecule has 0 rings (SSSR count). The van der Waals surface area contributed by atoms with Crippen LogP contribution >= 0.6 is 0 Å². The van der Waals surface area contributed by atoms with Gasteiger partial charge in [0.1, 0.15) is 6.10 Å². The lowest BCUT2D eigenvalue weighted by Gasteiger charge is -2.24. The van der Waals surface area contributed by atoms with Crippen molar-refractivity contribution in [2.75, 3.05) is 6.61 Å². The van der Waals surface area contributed by atoms with Crippen molar-refractivity contribution in [3.63, 3.8) is 0 Å². The quantitative estimate of drug-likeness (QED) is 0.0321. The fourth-order valence-electron chi connectivity index (χ4n) is 8.22. The summed E-state index contributed by atoms with van der Waals surface area (Å²) >= 11 is 0. The van der Waals surface area contributed by atoms with Crippen molar-refractivity contribution in [1.82, 2.24) is 5.32 Å². The molecule has 6 heteroatoms. The average Bonchev–Trinajstić information content (AvgIpc) is 3.32. The van der Waals surface area contributed by atoms with E-state index in [-0.39, 0.29) is 31.3 Å². The van der Waals surface area contributed by atoms with Gasteiger partial charge in [-0.2, -0.15) is 0 Å². The van der Waals surface area contributed by atoms with Gasteiger partial charge in [0.2, 0.25) is 5.91 Å². The van der Waals surface area contributed by atoms with E-state index in [0.29, 0.717) is 19.3 Å². The molecule has 0 saturated heterocycles. The van der Waals surface area contributed by atoms with Gasteiger partial charge in [0.25, 0.3) is 0 Å². The van der Waals surface area contributed by atoms with Gasteiger partial charge in [-0.05, 0) is 89.9 Å². The smallest absolute Gasteiger partial charge is 0.306 e. The van der Waals surface area contributed by atoms with Crippen LogP contribution in [0.4, 0.5) is 0 Å². The van der Waals surface area contributed by atoms with Crippen LogP contribution in [0.2, 0.25) is 0 Å². The van der Waals surface area contributed by atoms with Gasteiger partial charge in [0, 0.05) is 6.42 Å². The Kier molecular flexibility index (Phi) is 51.6. The molecule has 0 spiro atoms. The van der Waals surface area contributed by atoms with Gasteiger partial charge in [-0.1, -0.05) is 247 Å². The summed E-state index contributed by atoms with van der Waals surface area (Å²) in [6.45, 7) is 6.36. The van der Waals surface area contributed by atoms with Crippen molar-refractivity contribution < 1.29 is 24.5 Å². The van der Waals surface area contributed by atoms with E-state index in [1.54, 1.807) is 0 Å². The van der Waals surface area contributed by atoms with Crippen molar-refractivity contribution in [1.29, 1.82) is 0 Å². The Labute approximate surface area is 414 Å². The van der Waals surface area contributed by atoms with Crippen molar-refractivity contribution in [2.24, 2.45) is 0 Å². The molecule has 1 amide bonds. The standard InChI is InChI=1S/C61H107NO5/c1-4-7-10-13-16-19-22-25-27-29-30-32-34-36-39-42-45-48-51-54-61(66)67-57(52-49-46-43-40-37-35-33-31-28-26-23-20-17-14-11-8-5-2)55-60(65)62-58(56-63)59(64)53-50-47-44-41-38-24-21-18-15-12-9-6-3/h7,10,16,19,25-28,30,32,36,39,45,48,57-59,63-64H,4-6,8-9,11-15,17-18,20-24,29,31,33-35,37-38,40-44,46-47,49-56H2,1-3H3,(H,62,65)/b10-7-,19-16-,27-25-,28-26+,32-30-,39-36-,48-45-. The first-order valence-corrected chi connectivity index (χ1v) is 28.3. The number of aliphatic hydroxyl groups excluding tert-OH is 2. The number of esters is 1. The number of carbonyl (C=O) groups is 2. The monoisotopic (exact) mass is 934 g/mol. The molecular weight excluding hydrogens is 827 g/mol. The summed E-state index contributed by atoms with van der Waals surface area (Å²) in [6, 6.07) is -0.722. The first kappa shape index (κ1) is 64.0. The highest BCUT2D eigenvalue weighted by atomic mass is 16.5. The molecule has 0 radical (unpaired) electrons. The molecule has 0 aliphatic rings. The van der Waals surface area contributed by atoms with Crippen LogP contribution in [0.25, 0.3) is 0 Å². The topological polar surface area (TPSA) is 95.9 Å². The molecule has 0 aliphatic carbocycles. The number of hydrogen-bond donors (Lipinski definition) is 3. The summed E-state index contributed by atoms with van der Waals surface area (Å²) in [5.74, 6) is -0.576. The zero-order chi connectivity index (χ0) is 48.8. The Morgan fingerprint density at radius 1 is 0.448 bits per heavy atom. The van der Waals surface area contributed by atoms with Crippen LogP contribution in [0, 0.1) is 0 Å². The van der Waals surface area contributed by atoms with E-state index in [1.807, 2.05) is 6.08 Å². The van der Waals surface area contributed by atoms with Crippen molar-refractivity contribution in [3.05, 3.63) is 85.1 Å². The van der Waals surface area contributed by atoms with Crippen molar-refractivity contribution >= 4 is 11.9 Å². The molecule has 0 aromatic rings. The van der Waals surface area contributed by atoms with E-state index in [4.69, 9.17) is 4.74 Å². The molecule has 0 saturated carbocycles. The number of unbranched alkanes of at least 4 members (excludes halogenated alkanes) is 24. The highest BCUT2D eigenvalue weighted by Crippen LogP contribution is 2.17. The number of aliphatic hydroxyl groups is 2. The van der Waals surface area contributed by atoms with E-state index in [9.17, 15) is 19.8 Å². The molecule has 6 nitrogen and oxygen atoms in total. The van der Waals surface area contributed by atoms with Crippen molar-refractivity contribution in [2.45, 2.75) is 283 Å². The lowest BCUT2D eigenvalue weighted by Crippen LogP contribution is -2.46. The molecule has 0 aliphatic heterocycles. The second-order valence-corrected chi connectivity index (χ2v) is 19.0. The zero-order valence-corrected chi connectivity index (χ0v) is 44.0. The molecule has 3 N–H and O–H groups in total. The minimum absolute atomic E-state index is 0.0415. The lowest BCUT2D eigenvalue weighted by molar-refractivity contribution is -0.150. The van der Waals surface area contributed by atoms with Gasteiger partial charge in [-0.15, -0.1) is 0 Å². The maximum Gasteiger partial charge on any atom is 0.306 e. The second kappa shape index (κ2) is 54.0. The van der Waals surface area contributed by atoms with E-state index >= 15 is 0 Å². The fraction of sp³-hybridized carbons (Fsp3) is 0.738. The molecule has 67 heavy (non-hydrogen) atoms. The number of nitrogens with one attached hydrogen (secondary N) is 1. The predicted molar refractivity (Wildman–Crippen MR) is 291 cm³/mol. The SMILES string of the molecule is CC/C=C\C/C=C\C/C=C\C/C=C\C/C=C\C/C=C\CCC(=O)OC(CCCCCCCCC/C=C/CCCCCCCC)CC(=O)NC(CO)C(O)CCCCCCCCCCCCCC. The number of carbonyl (C=O) groups excluding carboxylic acids is 2. The fourth-order valence-corrected chi connectivity index (χ4v) is 8.22. The van der Waals surface area contributed by atoms with Gasteiger partial charge >= 0.3 is 5.97 Å². The summed E-state index contributed by atoms with van der Waals surface area (Å²) < 4.78 is 5.91. The maximum atomic E-state index is 13.2. The molecule has 0 fully saturated rings. The summed E-state index contributed by atoms with van der Waals surface area (Å²) in [7, 11) is 0. The van der Waals surface area contributed by atoms with Crippen LogP contribution in [0.3, 0.4) is 0 Å². The largest absolute Gasteiger partial charge is 0.462 e. The van der Waals surface area contributed by atoms with Gasteiger partial charge in [0.05, 0.1) is 25.2 Å². The van der Waals surface area contributed by atoms with E-state index in [1.165, 1.54) is 135 Å². The summed E-state index contributed by atoms with van der Waals surface area (Å²) in [5.41, 5.74) is 0. The maximum absolute atomic E-state index is 13.2. The van der Waals surface area contributed by atoms with E-state index in [0.717, 1.165) is 77.0 Å². The third-order valence-corrected chi connectivity index (χ3v) is 12.5. The van der Waals surface area contributed by atoms with Gasteiger partial charge in [-0.3, -0.25) is 9.59 Å². The molecule has 0 aromatic heterocycles. The third kappa shape index (κ3) is 49.3. The average molecular weight is 935 g/mol. The molecule has 3 unspecified atom stereocenters. The number of allylic oxidation sites excluding steroid dienone is 14. The number of rotatable bonds is 50. The van der Waals surface area contributed by atoms with Gasteiger partial charge in [0.15, 0.2) is 0 Å². The van der Waals surface area contributed by atoms with Crippen LogP contribution in [0.5, 0.6) is 0 Å². The number of amides is 1. The van der Waals surface area contributed by atoms with E-state index in [2.05, 4.69) is 105 Å². The van der Waals surface area contributed by atoms with E-state index < -0.39 is 18.2 Å². The summed E-state index contributed by atoms with van der Waals surface area (Å²) in [4.78, 5) is 26.2. The molecular formula is C61H107NO5. The zero-order valence-electron chi connectivity index (χ0n) is 44.0. The molecule has 0 bridgehead atoms. The van der Waals surface area contributed by atoms with Gasteiger partial charge < -0.3 is 20.3 Å². The molecule has 0 heterocycles. The van der Waals surface area contributed by atoms with Crippen LogP contribution < -0.4 is 5.32 Å². The summed E-state index contributed by atoms with van der Waals surface area (Å²) in [6.07, 6.45) is 70.8. The lowest BCUT2D eigenvalue weighted by atomic mass is 10.0. The Balaban J connectivity index is 4.70. The molecule has 3 atom stereocenters.